The predicted octanol–water partition coefficient (Wildman–Crippen LogP) is 5.72. The molecule has 35 heavy (non-hydrogen) atoms. The number of aromatic nitrogens is 3. The molecule has 0 unspecified atom stereocenters. The minimum Gasteiger partial charge on any atom is -0.497 e. The molecule has 178 valence electrons. The summed E-state index contributed by atoms with van der Waals surface area (Å²) in [4.78, 5) is 25.7. The van der Waals surface area contributed by atoms with Gasteiger partial charge in [0.05, 0.1) is 24.1 Å². The normalized spacial score (nSPS) is 11.2. The first-order valence-corrected chi connectivity index (χ1v) is 10.6. The molecule has 2 aromatic heterocycles. The van der Waals surface area contributed by atoms with Crippen LogP contribution in [0.3, 0.4) is 0 Å². The highest BCUT2D eigenvalue weighted by atomic mass is 19.4. The molecule has 0 bridgehead atoms. The number of halogens is 3. The fourth-order valence-electron chi connectivity index (χ4n) is 3.60. The zero-order valence-electron chi connectivity index (χ0n) is 18.9. The van der Waals surface area contributed by atoms with Crippen LogP contribution in [0, 0.1) is 6.92 Å². The van der Waals surface area contributed by atoms with Crippen molar-refractivity contribution in [2.45, 2.75) is 19.5 Å². The molecule has 4 rings (SSSR count). The molecule has 0 saturated carbocycles. The number of benzene rings is 2. The van der Waals surface area contributed by atoms with Crippen molar-refractivity contribution < 1.29 is 22.7 Å². The van der Waals surface area contributed by atoms with Crippen molar-refractivity contribution in [2.75, 3.05) is 12.4 Å². The van der Waals surface area contributed by atoms with Gasteiger partial charge in [-0.3, -0.25) is 9.78 Å². The number of ether oxygens (including phenoxy) is 1. The fraction of sp³-hybridized carbons (Fsp3) is 0.154. The molecule has 0 radical (unpaired) electrons. The van der Waals surface area contributed by atoms with Gasteiger partial charge in [-0.25, -0.2) is 9.97 Å². The van der Waals surface area contributed by atoms with Crippen molar-refractivity contribution in [3.63, 3.8) is 0 Å². The van der Waals surface area contributed by atoms with Crippen LogP contribution >= 0.6 is 0 Å². The van der Waals surface area contributed by atoms with Crippen LogP contribution in [0.25, 0.3) is 11.3 Å². The number of nitrogens with zero attached hydrogens (tertiary/aromatic N) is 3. The van der Waals surface area contributed by atoms with Crippen LogP contribution in [0.4, 0.5) is 18.9 Å². The predicted molar refractivity (Wildman–Crippen MR) is 125 cm³/mol. The van der Waals surface area contributed by atoms with E-state index in [-0.39, 0.29) is 11.4 Å². The number of methoxy groups -OCH3 is 1. The molecule has 2 aromatic carbocycles. The maximum Gasteiger partial charge on any atom is 0.416 e. The summed E-state index contributed by atoms with van der Waals surface area (Å²) in [7, 11) is 1.26. The van der Waals surface area contributed by atoms with E-state index in [1.165, 1.54) is 19.5 Å². The van der Waals surface area contributed by atoms with Crippen LogP contribution in [0.1, 0.15) is 32.7 Å². The zero-order valence-corrected chi connectivity index (χ0v) is 18.9. The van der Waals surface area contributed by atoms with Crippen molar-refractivity contribution in [3.8, 4) is 17.0 Å². The summed E-state index contributed by atoms with van der Waals surface area (Å²) in [5.74, 6) is -0.545. The molecule has 0 atom stereocenters. The first kappa shape index (κ1) is 23.9. The van der Waals surface area contributed by atoms with E-state index >= 15 is 0 Å². The molecule has 0 aliphatic carbocycles. The number of pyridine rings is 1. The highest BCUT2D eigenvalue weighted by molar-refractivity contribution is 6.04. The Morgan fingerprint density at radius 2 is 1.86 bits per heavy atom. The molecule has 0 saturated heterocycles. The Bertz CT molecular complexity index is 1360. The number of rotatable bonds is 6. The van der Waals surface area contributed by atoms with Crippen LogP contribution in [-0.4, -0.2) is 28.0 Å². The second-order valence-electron chi connectivity index (χ2n) is 7.81. The molecule has 9 heteroatoms. The molecule has 2 heterocycles. The van der Waals surface area contributed by atoms with E-state index in [1.54, 1.807) is 36.7 Å². The Hall–Kier alpha value is -4.27. The van der Waals surface area contributed by atoms with Crippen LogP contribution in [-0.2, 0) is 12.6 Å². The van der Waals surface area contributed by atoms with Gasteiger partial charge in [0.2, 0.25) is 0 Å². The Labute approximate surface area is 199 Å². The van der Waals surface area contributed by atoms with Gasteiger partial charge in [0.15, 0.2) is 0 Å². The minimum atomic E-state index is -4.57. The number of amides is 1. The number of hydrogen-bond acceptors (Lipinski definition) is 5. The van der Waals surface area contributed by atoms with Gasteiger partial charge in [-0.05, 0) is 60.5 Å². The summed E-state index contributed by atoms with van der Waals surface area (Å²) in [5, 5.41) is 2.54. The van der Waals surface area contributed by atoms with Gasteiger partial charge in [0.25, 0.3) is 5.91 Å². The van der Waals surface area contributed by atoms with Gasteiger partial charge in [0.1, 0.15) is 12.1 Å². The highest BCUT2D eigenvalue weighted by Gasteiger charge is 2.31. The SMILES string of the molecule is COc1cc(NC(=O)c2ccc(C)c(Cc3ncccc3-c3ccncn3)c2)cc(C(F)(F)F)c1. The molecular formula is C26H21F3N4O2. The lowest BCUT2D eigenvalue weighted by Crippen LogP contribution is -2.14. The van der Waals surface area contributed by atoms with Gasteiger partial charge in [-0.1, -0.05) is 6.07 Å². The molecule has 0 fully saturated rings. The van der Waals surface area contributed by atoms with Crippen LogP contribution in [0.15, 0.2) is 73.3 Å². The third kappa shape index (κ3) is 5.63. The number of hydrogen-bond donors (Lipinski definition) is 1. The van der Waals surface area contributed by atoms with Crippen molar-refractivity contribution in [1.29, 1.82) is 0 Å². The summed E-state index contributed by atoms with van der Waals surface area (Å²) in [5.41, 5.74) is 3.53. The van der Waals surface area contributed by atoms with Gasteiger partial charge in [0, 0.05) is 41.7 Å². The lowest BCUT2D eigenvalue weighted by atomic mass is 9.97. The standard InChI is InChI=1S/C26H21F3N4O2/c1-16-5-6-17(25(34)33-20-12-19(26(27,28)29)13-21(14-20)35-2)10-18(16)11-24-22(4-3-8-31-24)23-7-9-30-15-32-23/h3-10,12-15H,11H2,1-2H3,(H,33,34). The van der Waals surface area contributed by atoms with Crippen LogP contribution in [0.5, 0.6) is 5.75 Å². The number of aryl methyl sites for hydroxylation is 1. The first-order valence-electron chi connectivity index (χ1n) is 10.6. The number of anilines is 1. The lowest BCUT2D eigenvalue weighted by molar-refractivity contribution is -0.137. The fourth-order valence-corrected chi connectivity index (χ4v) is 3.60. The maximum absolute atomic E-state index is 13.2. The van der Waals surface area contributed by atoms with Crippen molar-refractivity contribution in [3.05, 3.63) is 101 Å². The van der Waals surface area contributed by atoms with Crippen molar-refractivity contribution in [1.82, 2.24) is 15.0 Å². The number of carbonyl (C=O) groups is 1. The topological polar surface area (TPSA) is 77.0 Å². The third-order valence-corrected chi connectivity index (χ3v) is 5.44. The summed E-state index contributed by atoms with van der Waals surface area (Å²) in [6.07, 6.45) is 0.662. The average molecular weight is 478 g/mol. The second-order valence-corrected chi connectivity index (χ2v) is 7.81. The Morgan fingerprint density at radius 1 is 1.03 bits per heavy atom. The van der Waals surface area contributed by atoms with Crippen molar-refractivity contribution in [2.24, 2.45) is 0 Å². The van der Waals surface area contributed by atoms with Crippen LogP contribution < -0.4 is 10.1 Å². The van der Waals surface area contributed by atoms with E-state index < -0.39 is 17.6 Å². The summed E-state index contributed by atoms with van der Waals surface area (Å²) in [6, 6.07) is 13.8. The van der Waals surface area contributed by atoms with E-state index in [2.05, 4.69) is 20.3 Å². The monoisotopic (exact) mass is 478 g/mol. The molecule has 0 aliphatic heterocycles. The van der Waals surface area contributed by atoms with Gasteiger partial charge >= 0.3 is 6.18 Å². The minimum absolute atomic E-state index is 0.00729. The van der Waals surface area contributed by atoms with E-state index in [0.29, 0.717) is 12.0 Å². The molecule has 0 spiro atoms. The molecule has 1 amide bonds. The summed E-state index contributed by atoms with van der Waals surface area (Å²) < 4.78 is 44.6. The largest absolute Gasteiger partial charge is 0.497 e. The van der Waals surface area contributed by atoms with Crippen molar-refractivity contribution >= 4 is 11.6 Å². The first-order chi connectivity index (χ1) is 16.7. The quantitative estimate of drug-likeness (QED) is 0.384. The zero-order chi connectivity index (χ0) is 25.0. The van der Waals surface area contributed by atoms with Gasteiger partial charge in [-0.15, -0.1) is 0 Å². The second kappa shape index (κ2) is 9.92. The van der Waals surface area contributed by atoms with Gasteiger partial charge in [-0.2, -0.15) is 13.2 Å². The molecule has 1 N–H and O–H groups in total. The van der Waals surface area contributed by atoms with E-state index in [4.69, 9.17) is 4.74 Å². The maximum atomic E-state index is 13.2. The Balaban J connectivity index is 1.61. The highest BCUT2D eigenvalue weighted by Crippen LogP contribution is 2.34. The van der Waals surface area contributed by atoms with Gasteiger partial charge < -0.3 is 10.1 Å². The molecular weight excluding hydrogens is 457 g/mol. The van der Waals surface area contributed by atoms with E-state index in [9.17, 15) is 18.0 Å². The Morgan fingerprint density at radius 3 is 2.57 bits per heavy atom. The van der Waals surface area contributed by atoms with E-state index in [1.807, 2.05) is 19.1 Å². The molecule has 4 aromatic rings. The Kier molecular flexibility index (Phi) is 6.77. The number of nitrogens with one attached hydrogen (secondary N) is 1. The van der Waals surface area contributed by atoms with Crippen LogP contribution in [0.2, 0.25) is 0 Å². The smallest absolute Gasteiger partial charge is 0.416 e. The van der Waals surface area contributed by atoms with E-state index in [0.717, 1.165) is 40.2 Å². The number of alkyl halides is 3. The molecule has 0 aliphatic rings. The molecule has 6 nitrogen and oxygen atoms in total. The lowest BCUT2D eigenvalue weighted by Gasteiger charge is -2.14. The number of carbonyl (C=O) groups excluding carboxylic acids is 1. The summed E-state index contributed by atoms with van der Waals surface area (Å²) >= 11 is 0. The average Bonchev–Trinajstić information content (AvgIpc) is 2.85. The third-order valence-electron chi connectivity index (χ3n) is 5.44. The summed E-state index contributed by atoms with van der Waals surface area (Å²) in [6.45, 7) is 1.92.